The molecule has 2 aromatic rings. The first-order chi connectivity index (χ1) is 14.1. The molecule has 160 valence electrons. The molecule has 0 spiro atoms. The SMILES string of the molecule is CCOC(=O)c1c(NC(=O)/C=C/c2ccc(C(C)C)cc2)sc(C(=O)N(C)C)c1C. The van der Waals surface area contributed by atoms with E-state index in [1.807, 2.05) is 24.3 Å². The van der Waals surface area contributed by atoms with Crippen LogP contribution in [-0.2, 0) is 9.53 Å². The Morgan fingerprint density at radius 2 is 1.80 bits per heavy atom. The van der Waals surface area contributed by atoms with Crippen LogP contribution in [0.4, 0.5) is 5.00 Å². The molecule has 1 N–H and O–H groups in total. The lowest BCUT2D eigenvalue weighted by Gasteiger charge is -2.09. The van der Waals surface area contributed by atoms with Crippen LogP contribution in [0, 0.1) is 6.92 Å². The van der Waals surface area contributed by atoms with Crippen molar-refractivity contribution in [3.63, 3.8) is 0 Å². The zero-order chi connectivity index (χ0) is 22.4. The van der Waals surface area contributed by atoms with Crippen LogP contribution in [0.1, 0.15) is 63.4 Å². The molecule has 0 fully saturated rings. The monoisotopic (exact) mass is 428 g/mol. The fourth-order valence-electron chi connectivity index (χ4n) is 2.78. The van der Waals surface area contributed by atoms with Crippen molar-refractivity contribution in [2.24, 2.45) is 0 Å². The number of ether oxygens (including phenoxy) is 1. The van der Waals surface area contributed by atoms with Crippen LogP contribution in [0.15, 0.2) is 30.3 Å². The van der Waals surface area contributed by atoms with Crippen molar-refractivity contribution in [1.29, 1.82) is 0 Å². The minimum atomic E-state index is -0.562. The molecule has 30 heavy (non-hydrogen) atoms. The van der Waals surface area contributed by atoms with Gasteiger partial charge in [0, 0.05) is 20.2 Å². The Balaban J connectivity index is 2.26. The lowest BCUT2D eigenvalue weighted by atomic mass is 10.0. The summed E-state index contributed by atoms with van der Waals surface area (Å²) in [5.41, 5.74) is 2.84. The second kappa shape index (κ2) is 10.2. The summed E-state index contributed by atoms with van der Waals surface area (Å²) in [7, 11) is 3.27. The van der Waals surface area contributed by atoms with E-state index in [0.29, 0.717) is 21.4 Å². The van der Waals surface area contributed by atoms with Crippen molar-refractivity contribution < 1.29 is 19.1 Å². The van der Waals surface area contributed by atoms with Crippen LogP contribution in [0.2, 0.25) is 0 Å². The number of rotatable bonds is 7. The molecule has 0 bridgehead atoms. The maximum Gasteiger partial charge on any atom is 0.341 e. The summed E-state index contributed by atoms with van der Waals surface area (Å²) in [5, 5.41) is 3.03. The van der Waals surface area contributed by atoms with Gasteiger partial charge in [0.25, 0.3) is 5.91 Å². The van der Waals surface area contributed by atoms with Gasteiger partial charge in [-0.1, -0.05) is 38.1 Å². The van der Waals surface area contributed by atoms with E-state index in [4.69, 9.17) is 4.74 Å². The van der Waals surface area contributed by atoms with Gasteiger partial charge in [-0.15, -0.1) is 11.3 Å². The highest BCUT2D eigenvalue weighted by Gasteiger charge is 2.27. The van der Waals surface area contributed by atoms with Crippen LogP contribution in [0.5, 0.6) is 0 Å². The topological polar surface area (TPSA) is 75.7 Å². The average molecular weight is 429 g/mol. The summed E-state index contributed by atoms with van der Waals surface area (Å²) in [4.78, 5) is 39.2. The number of hydrogen-bond donors (Lipinski definition) is 1. The van der Waals surface area contributed by atoms with Gasteiger partial charge < -0.3 is 15.0 Å². The predicted octanol–water partition coefficient (Wildman–Crippen LogP) is 4.71. The Morgan fingerprint density at radius 3 is 2.33 bits per heavy atom. The van der Waals surface area contributed by atoms with Crippen LogP contribution in [0.25, 0.3) is 6.08 Å². The Kier molecular flexibility index (Phi) is 7.94. The number of carbonyl (C=O) groups excluding carboxylic acids is 3. The molecular weight excluding hydrogens is 400 g/mol. The highest BCUT2D eigenvalue weighted by atomic mass is 32.1. The van der Waals surface area contributed by atoms with Gasteiger partial charge in [0.05, 0.1) is 17.0 Å². The average Bonchev–Trinajstić information content (AvgIpc) is 3.01. The molecule has 1 aromatic carbocycles. The van der Waals surface area contributed by atoms with Crippen molar-refractivity contribution in [1.82, 2.24) is 4.90 Å². The van der Waals surface area contributed by atoms with E-state index < -0.39 is 11.9 Å². The molecule has 0 unspecified atom stereocenters. The standard InChI is InChI=1S/C23H28N2O4S/c1-7-29-23(28)19-15(4)20(22(27)25(5)6)30-21(19)24-18(26)13-10-16-8-11-17(12-9-16)14(2)3/h8-14H,7H2,1-6H3,(H,24,26)/b13-10+. The van der Waals surface area contributed by atoms with Gasteiger partial charge in [-0.3, -0.25) is 9.59 Å². The molecule has 7 heteroatoms. The number of carbonyl (C=O) groups is 3. The third-order valence-corrected chi connectivity index (χ3v) is 5.69. The smallest absolute Gasteiger partial charge is 0.341 e. The van der Waals surface area contributed by atoms with E-state index >= 15 is 0 Å². The fraction of sp³-hybridized carbons (Fsp3) is 0.348. The minimum Gasteiger partial charge on any atom is -0.462 e. The quantitative estimate of drug-likeness (QED) is 0.512. The van der Waals surface area contributed by atoms with Gasteiger partial charge in [-0.25, -0.2) is 4.79 Å². The molecule has 0 saturated heterocycles. The van der Waals surface area contributed by atoms with Gasteiger partial charge in [-0.2, -0.15) is 0 Å². The first-order valence-electron chi connectivity index (χ1n) is 9.76. The van der Waals surface area contributed by atoms with Crippen LogP contribution in [-0.4, -0.2) is 43.4 Å². The van der Waals surface area contributed by atoms with Crippen molar-refractivity contribution in [2.45, 2.75) is 33.6 Å². The van der Waals surface area contributed by atoms with E-state index in [1.165, 1.54) is 16.5 Å². The van der Waals surface area contributed by atoms with Gasteiger partial charge in [0.2, 0.25) is 5.91 Å². The Bertz CT molecular complexity index is 956. The maximum atomic E-state index is 12.5. The molecule has 0 aliphatic heterocycles. The largest absolute Gasteiger partial charge is 0.462 e. The zero-order valence-electron chi connectivity index (χ0n) is 18.2. The van der Waals surface area contributed by atoms with E-state index in [0.717, 1.165) is 16.9 Å². The van der Waals surface area contributed by atoms with Gasteiger partial charge in [0.1, 0.15) is 5.00 Å². The lowest BCUT2D eigenvalue weighted by Crippen LogP contribution is -2.21. The lowest BCUT2D eigenvalue weighted by molar-refractivity contribution is -0.111. The van der Waals surface area contributed by atoms with Crippen LogP contribution < -0.4 is 5.32 Å². The molecule has 0 aliphatic rings. The van der Waals surface area contributed by atoms with Gasteiger partial charge >= 0.3 is 5.97 Å². The molecule has 1 heterocycles. The molecule has 2 rings (SSSR count). The highest BCUT2D eigenvalue weighted by Crippen LogP contribution is 2.34. The summed E-state index contributed by atoms with van der Waals surface area (Å²) in [6, 6.07) is 7.96. The molecule has 0 atom stereocenters. The third kappa shape index (κ3) is 5.57. The number of anilines is 1. The van der Waals surface area contributed by atoms with E-state index in [2.05, 4.69) is 19.2 Å². The molecule has 1 aromatic heterocycles. The Morgan fingerprint density at radius 1 is 1.17 bits per heavy atom. The number of esters is 1. The van der Waals surface area contributed by atoms with E-state index in [9.17, 15) is 14.4 Å². The fourth-order valence-corrected chi connectivity index (χ4v) is 3.99. The second-order valence-corrected chi connectivity index (χ2v) is 8.34. The highest BCUT2D eigenvalue weighted by molar-refractivity contribution is 7.18. The van der Waals surface area contributed by atoms with E-state index in [1.54, 1.807) is 34.0 Å². The number of nitrogens with zero attached hydrogens (tertiary/aromatic N) is 1. The molecule has 0 saturated carbocycles. The summed E-state index contributed by atoms with van der Waals surface area (Å²) in [6.45, 7) is 7.83. The predicted molar refractivity (Wildman–Crippen MR) is 121 cm³/mol. The summed E-state index contributed by atoms with van der Waals surface area (Å²) >= 11 is 1.07. The van der Waals surface area contributed by atoms with Gasteiger partial charge in [-0.05, 0) is 42.5 Å². The normalized spacial score (nSPS) is 11.0. The zero-order valence-corrected chi connectivity index (χ0v) is 19.1. The maximum absolute atomic E-state index is 12.5. The third-order valence-electron chi connectivity index (χ3n) is 4.49. The van der Waals surface area contributed by atoms with E-state index in [-0.39, 0.29) is 18.1 Å². The second-order valence-electron chi connectivity index (χ2n) is 7.32. The number of nitrogens with one attached hydrogen (secondary N) is 1. The number of hydrogen-bond acceptors (Lipinski definition) is 5. The van der Waals surface area contributed by atoms with Gasteiger partial charge in [0.15, 0.2) is 0 Å². The van der Waals surface area contributed by atoms with Crippen LogP contribution >= 0.6 is 11.3 Å². The van der Waals surface area contributed by atoms with Crippen molar-refractivity contribution >= 4 is 40.2 Å². The number of thiophene rings is 1. The molecule has 6 nitrogen and oxygen atoms in total. The molecule has 2 amide bonds. The van der Waals surface area contributed by atoms with Crippen molar-refractivity contribution in [2.75, 3.05) is 26.0 Å². The van der Waals surface area contributed by atoms with Crippen molar-refractivity contribution in [3.05, 3.63) is 57.5 Å². The summed E-state index contributed by atoms with van der Waals surface area (Å²) in [5.74, 6) is -0.746. The Hall–Kier alpha value is -2.93. The Labute approximate surface area is 181 Å². The van der Waals surface area contributed by atoms with Crippen LogP contribution in [0.3, 0.4) is 0 Å². The summed E-state index contributed by atoms with van der Waals surface area (Å²) in [6.07, 6.45) is 3.11. The van der Waals surface area contributed by atoms with Crippen molar-refractivity contribution in [3.8, 4) is 0 Å². The molecule has 0 radical (unpaired) electrons. The number of benzene rings is 1. The molecule has 0 aliphatic carbocycles. The number of amides is 2. The summed E-state index contributed by atoms with van der Waals surface area (Å²) < 4.78 is 5.12. The molecular formula is C23H28N2O4S. The first-order valence-corrected chi connectivity index (χ1v) is 10.6. The minimum absolute atomic E-state index is 0.199. The first kappa shape index (κ1) is 23.3.